The number of aromatic amines is 1. The first-order valence-electron chi connectivity index (χ1n) is 6.50. The second kappa shape index (κ2) is 7.41. The Kier molecular flexibility index (Phi) is 5.32. The zero-order chi connectivity index (χ0) is 16.8. The molecule has 9 heteroatoms. The summed E-state index contributed by atoms with van der Waals surface area (Å²) in [5.74, 6) is -0.508. The summed E-state index contributed by atoms with van der Waals surface area (Å²) in [7, 11) is 1.25. The van der Waals surface area contributed by atoms with Crippen molar-refractivity contribution in [3.8, 4) is 0 Å². The molecule has 0 unspecified atom stereocenters. The Morgan fingerprint density at radius 1 is 1.43 bits per heavy atom. The molecule has 0 saturated heterocycles. The second-order valence-electron chi connectivity index (χ2n) is 4.44. The van der Waals surface area contributed by atoms with Crippen molar-refractivity contribution in [2.24, 2.45) is 10.7 Å². The van der Waals surface area contributed by atoms with E-state index < -0.39 is 11.5 Å². The highest BCUT2D eigenvalue weighted by atomic mass is 35.5. The van der Waals surface area contributed by atoms with Crippen molar-refractivity contribution < 1.29 is 9.53 Å². The second-order valence-corrected chi connectivity index (χ2v) is 4.88. The summed E-state index contributed by atoms with van der Waals surface area (Å²) in [5, 5.41) is 3.41. The summed E-state index contributed by atoms with van der Waals surface area (Å²) in [6, 6.07) is 8.00. The normalized spacial score (nSPS) is 11.1. The molecule has 1 heterocycles. The third-order valence-electron chi connectivity index (χ3n) is 2.68. The molecule has 0 radical (unpaired) electrons. The van der Waals surface area contributed by atoms with E-state index in [2.05, 4.69) is 25.0 Å². The molecule has 23 heavy (non-hydrogen) atoms. The monoisotopic (exact) mass is 335 g/mol. The molecule has 0 aliphatic rings. The molecule has 2 aromatic rings. The summed E-state index contributed by atoms with van der Waals surface area (Å²) < 4.78 is 4.53. The number of guanidine groups is 1. The van der Waals surface area contributed by atoms with Crippen LogP contribution in [-0.4, -0.2) is 29.0 Å². The molecule has 2 rings (SSSR count). The minimum atomic E-state index is -0.509. The van der Waals surface area contributed by atoms with E-state index in [4.69, 9.17) is 17.3 Å². The number of aromatic nitrogens is 2. The van der Waals surface area contributed by atoms with Crippen LogP contribution in [0.1, 0.15) is 5.69 Å². The highest BCUT2D eigenvalue weighted by Crippen LogP contribution is 2.13. The molecule has 0 saturated carbocycles. The number of anilines is 1. The lowest BCUT2D eigenvalue weighted by atomic mass is 10.3. The molecule has 0 atom stereocenters. The Labute approximate surface area is 136 Å². The highest BCUT2D eigenvalue weighted by Gasteiger charge is 2.07. The SMILES string of the molecule is COC(=O)Cc1cc(=O)[nH]c(N=C(N)Nc2ccc(Cl)cc2)n1. The fourth-order valence-electron chi connectivity index (χ4n) is 1.68. The molecule has 120 valence electrons. The smallest absolute Gasteiger partial charge is 0.311 e. The molecule has 0 bridgehead atoms. The third-order valence-corrected chi connectivity index (χ3v) is 2.93. The van der Waals surface area contributed by atoms with Crippen LogP contribution >= 0.6 is 11.6 Å². The topological polar surface area (TPSA) is 122 Å². The lowest BCUT2D eigenvalue weighted by molar-refractivity contribution is -0.139. The van der Waals surface area contributed by atoms with Gasteiger partial charge in [-0.25, -0.2) is 4.98 Å². The van der Waals surface area contributed by atoms with Gasteiger partial charge in [-0.3, -0.25) is 14.6 Å². The minimum Gasteiger partial charge on any atom is -0.469 e. The number of aliphatic imine (C=N–C) groups is 1. The molecule has 0 amide bonds. The number of rotatable bonds is 4. The maximum atomic E-state index is 11.6. The van der Waals surface area contributed by atoms with Crippen molar-refractivity contribution in [2.45, 2.75) is 6.42 Å². The van der Waals surface area contributed by atoms with Gasteiger partial charge in [0, 0.05) is 16.8 Å². The van der Waals surface area contributed by atoms with Crippen LogP contribution in [0, 0.1) is 0 Å². The van der Waals surface area contributed by atoms with Crippen molar-refractivity contribution in [1.29, 1.82) is 0 Å². The van der Waals surface area contributed by atoms with Crippen LogP contribution < -0.4 is 16.6 Å². The highest BCUT2D eigenvalue weighted by molar-refractivity contribution is 6.30. The first kappa shape index (κ1) is 16.5. The Bertz CT molecular complexity index is 786. The van der Waals surface area contributed by atoms with Crippen LogP contribution in [0.15, 0.2) is 40.1 Å². The molecule has 1 aromatic carbocycles. The van der Waals surface area contributed by atoms with Gasteiger partial charge in [0.15, 0.2) is 0 Å². The van der Waals surface area contributed by atoms with Gasteiger partial charge in [0.1, 0.15) is 0 Å². The van der Waals surface area contributed by atoms with Gasteiger partial charge in [0.25, 0.3) is 5.56 Å². The number of nitrogens with two attached hydrogens (primary N) is 1. The van der Waals surface area contributed by atoms with E-state index in [1.807, 2.05) is 0 Å². The number of hydrogen-bond acceptors (Lipinski definition) is 5. The molecular formula is C14H14ClN5O3. The first-order valence-corrected chi connectivity index (χ1v) is 6.88. The number of nitrogens with one attached hydrogen (secondary N) is 2. The number of nitrogens with zero attached hydrogens (tertiary/aromatic N) is 2. The van der Waals surface area contributed by atoms with Gasteiger partial charge >= 0.3 is 5.97 Å². The quantitative estimate of drug-likeness (QED) is 0.438. The van der Waals surface area contributed by atoms with Crippen molar-refractivity contribution >= 4 is 35.2 Å². The zero-order valence-electron chi connectivity index (χ0n) is 12.2. The van der Waals surface area contributed by atoms with Crippen molar-refractivity contribution in [2.75, 3.05) is 12.4 Å². The van der Waals surface area contributed by atoms with Gasteiger partial charge in [0.2, 0.25) is 11.9 Å². The summed E-state index contributed by atoms with van der Waals surface area (Å²) in [4.78, 5) is 33.2. The lowest BCUT2D eigenvalue weighted by Crippen LogP contribution is -2.22. The summed E-state index contributed by atoms with van der Waals surface area (Å²) in [6.45, 7) is 0. The average Bonchev–Trinajstić information content (AvgIpc) is 2.48. The predicted molar refractivity (Wildman–Crippen MR) is 86.9 cm³/mol. The van der Waals surface area contributed by atoms with Gasteiger partial charge in [0.05, 0.1) is 19.2 Å². The maximum Gasteiger partial charge on any atom is 0.311 e. The number of halogens is 1. The van der Waals surface area contributed by atoms with Crippen molar-refractivity contribution in [3.05, 3.63) is 51.4 Å². The number of hydrogen-bond donors (Lipinski definition) is 3. The molecule has 0 spiro atoms. The molecule has 0 aliphatic heterocycles. The van der Waals surface area contributed by atoms with Gasteiger partial charge in [-0.15, -0.1) is 0 Å². The Morgan fingerprint density at radius 3 is 2.78 bits per heavy atom. The lowest BCUT2D eigenvalue weighted by Gasteiger charge is -2.05. The van der Waals surface area contributed by atoms with E-state index in [9.17, 15) is 9.59 Å². The third kappa shape index (κ3) is 5.11. The fourth-order valence-corrected chi connectivity index (χ4v) is 1.81. The Hall–Kier alpha value is -2.87. The summed E-state index contributed by atoms with van der Waals surface area (Å²) in [5.41, 5.74) is 6.21. The van der Waals surface area contributed by atoms with Crippen LogP contribution in [0.5, 0.6) is 0 Å². The van der Waals surface area contributed by atoms with Gasteiger partial charge < -0.3 is 15.8 Å². The van der Waals surface area contributed by atoms with Crippen LogP contribution in [-0.2, 0) is 16.0 Å². The standard InChI is InChI=1S/C14H14ClN5O3/c1-23-12(22)7-10-6-11(21)19-14(18-10)20-13(16)17-9-4-2-8(15)3-5-9/h2-6H,7H2,1H3,(H4,16,17,18,19,20,21). The van der Waals surface area contributed by atoms with Crippen LogP contribution in [0.4, 0.5) is 11.6 Å². The summed E-state index contributed by atoms with van der Waals surface area (Å²) in [6.07, 6.45) is -0.131. The number of methoxy groups -OCH3 is 1. The molecular weight excluding hydrogens is 322 g/mol. The number of carbonyl (C=O) groups is 1. The van der Waals surface area contributed by atoms with E-state index in [0.29, 0.717) is 10.7 Å². The molecule has 0 fully saturated rings. The summed E-state index contributed by atoms with van der Waals surface area (Å²) >= 11 is 5.79. The van der Waals surface area contributed by atoms with Crippen molar-refractivity contribution in [3.63, 3.8) is 0 Å². The molecule has 8 nitrogen and oxygen atoms in total. The minimum absolute atomic E-state index is 0.0182. The van der Waals surface area contributed by atoms with E-state index in [-0.39, 0.29) is 24.0 Å². The van der Waals surface area contributed by atoms with Gasteiger partial charge in [-0.1, -0.05) is 11.6 Å². The van der Waals surface area contributed by atoms with Crippen LogP contribution in [0.2, 0.25) is 5.02 Å². The Balaban J connectivity index is 2.18. The molecule has 0 aliphatic carbocycles. The number of ether oxygens (including phenoxy) is 1. The van der Waals surface area contributed by atoms with Crippen LogP contribution in [0.3, 0.4) is 0 Å². The first-order chi connectivity index (χ1) is 11.0. The number of esters is 1. The number of carbonyl (C=O) groups excluding carboxylic acids is 1. The largest absolute Gasteiger partial charge is 0.469 e. The van der Waals surface area contributed by atoms with E-state index in [0.717, 1.165) is 0 Å². The predicted octanol–water partition coefficient (Wildman–Crippen LogP) is 1.20. The van der Waals surface area contributed by atoms with Gasteiger partial charge in [-0.2, -0.15) is 4.99 Å². The zero-order valence-corrected chi connectivity index (χ0v) is 12.9. The molecule has 1 aromatic heterocycles. The maximum absolute atomic E-state index is 11.6. The van der Waals surface area contributed by atoms with E-state index in [1.54, 1.807) is 24.3 Å². The Morgan fingerprint density at radius 2 is 2.13 bits per heavy atom. The average molecular weight is 336 g/mol. The number of H-pyrrole nitrogens is 1. The van der Waals surface area contributed by atoms with E-state index in [1.165, 1.54) is 13.2 Å². The molecule has 4 N–H and O–H groups in total. The fraction of sp³-hybridized carbons (Fsp3) is 0.143. The van der Waals surface area contributed by atoms with Crippen molar-refractivity contribution in [1.82, 2.24) is 9.97 Å². The number of benzene rings is 1. The van der Waals surface area contributed by atoms with E-state index >= 15 is 0 Å². The van der Waals surface area contributed by atoms with Gasteiger partial charge in [-0.05, 0) is 24.3 Å². The van der Waals surface area contributed by atoms with Crippen LogP contribution in [0.25, 0.3) is 0 Å².